The first-order valence-electron chi connectivity index (χ1n) is 6.40. The van der Waals surface area contributed by atoms with Crippen molar-refractivity contribution < 1.29 is 4.74 Å². The molecule has 2 nitrogen and oxygen atoms in total. The summed E-state index contributed by atoms with van der Waals surface area (Å²) in [5.74, 6) is 1.03. The number of para-hydroxylation sites is 1. The van der Waals surface area contributed by atoms with Crippen LogP contribution >= 0.6 is 0 Å². The number of ether oxygens (including phenoxy) is 1. The van der Waals surface area contributed by atoms with E-state index in [1.165, 1.54) is 11.1 Å². The molecule has 1 aromatic carbocycles. The van der Waals surface area contributed by atoms with Crippen LogP contribution in [0.3, 0.4) is 0 Å². The molecule has 0 aliphatic rings. The van der Waals surface area contributed by atoms with Crippen LogP contribution in [0.5, 0.6) is 5.75 Å². The second-order valence-electron chi connectivity index (χ2n) is 5.23. The first kappa shape index (κ1) is 14.0. The third-order valence-corrected chi connectivity index (χ3v) is 3.24. The first-order chi connectivity index (χ1) is 7.96. The molecule has 0 saturated carbocycles. The zero-order valence-electron chi connectivity index (χ0n) is 11.8. The number of benzene rings is 1. The van der Waals surface area contributed by atoms with Gasteiger partial charge in [-0.25, -0.2) is 0 Å². The van der Waals surface area contributed by atoms with E-state index >= 15 is 0 Å². The lowest BCUT2D eigenvalue weighted by Gasteiger charge is -2.24. The summed E-state index contributed by atoms with van der Waals surface area (Å²) in [4.78, 5) is 0. The molecule has 1 aromatic rings. The molecule has 0 aromatic heterocycles. The highest BCUT2D eigenvalue weighted by Crippen LogP contribution is 2.21. The molecular weight excluding hydrogens is 210 g/mol. The molecule has 0 atom stereocenters. The van der Waals surface area contributed by atoms with Crippen LogP contribution in [0.15, 0.2) is 18.2 Å². The summed E-state index contributed by atoms with van der Waals surface area (Å²) >= 11 is 0. The lowest BCUT2D eigenvalue weighted by atomic mass is 10.0. The third-order valence-electron chi connectivity index (χ3n) is 3.24. The van der Waals surface area contributed by atoms with E-state index in [2.05, 4.69) is 58.1 Å². The third kappa shape index (κ3) is 4.39. The van der Waals surface area contributed by atoms with E-state index in [1.807, 2.05) is 0 Å². The zero-order valence-corrected chi connectivity index (χ0v) is 11.8. The van der Waals surface area contributed by atoms with Crippen molar-refractivity contribution in [1.82, 2.24) is 5.32 Å². The molecule has 0 fully saturated rings. The lowest BCUT2D eigenvalue weighted by Crippen LogP contribution is -2.40. The number of aryl methyl sites for hydroxylation is 2. The molecule has 0 spiro atoms. The van der Waals surface area contributed by atoms with Gasteiger partial charge in [-0.1, -0.05) is 25.1 Å². The van der Waals surface area contributed by atoms with Crippen molar-refractivity contribution in [2.45, 2.75) is 46.6 Å². The van der Waals surface area contributed by atoms with Gasteiger partial charge >= 0.3 is 0 Å². The van der Waals surface area contributed by atoms with E-state index in [0.29, 0.717) is 0 Å². The second kappa shape index (κ2) is 6.06. The topological polar surface area (TPSA) is 21.3 Å². The van der Waals surface area contributed by atoms with E-state index in [9.17, 15) is 0 Å². The number of nitrogens with one attached hydrogen (secondary N) is 1. The molecule has 1 rings (SSSR count). The van der Waals surface area contributed by atoms with E-state index in [1.54, 1.807) is 0 Å². The van der Waals surface area contributed by atoms with Crippen LogP contribution in [0.2, 0.25) is 0 Å². The van der Waals surface area contributed by atoms with Crippen molar-refractivity contribution >= 4 is 0 Å². The van der Waals surface area contributed by atoms with E-state index in [0.717, 1.165) is 25.3 Å². The van der Waals surface area contributed by atoms with E-state index in [4.69, 9.17) is 4.74 Å². The van der Waals surface area contributed by atoms with Crippen LogP contribution in [0, 0.1) is 13.8 Å². The minimum Gasteiger partial charge on any atom is -0.492 e. The Morgan fingerprint density at radius 1 is 1.18 bits per heavy atom. The average Bonchev–Trinajstić information content (AvgIpc) is 2.27. The van der Waals surface area contributed by atoms with Gasteiger partial charge in [0, 0.05) is 12.1 Å². The SMILES string of the molecule is CCC(C)(C)NCCOc1c(C)cccc1C. The van der Waals surface area contributed by atoms with Crippen LogP contribution in [0.1, 0.15) is 38.3 Å². The van der Waals surface area contributed by atoms with Gasteiger partial charge in [-0.05, 0) is 45.2 Å². The van der Waals surface area contributed by atoms with Gasteiger partial charge in [0.25, 0.3) is 0 Å². The Bertz CT molecular complexity index is 338. The zero-order chi connectivity index (χ0) is 12.9. The molecule has 2 heteroatoms. The fourth-order valence-electron chi connectivity index (χ4n) is 1.69. The maximum absolute atomic E-state index is 5.84. The fraction of sp³-hybridized carbons (Fsp3) is 0.600. The van der Waals surface area contributed by atoms with Crippen LogP contribution in [0.25, 0.3) is 0 Å². The Morgan fingerprint density at radius 2 is 1.76 bits per heavy atom. The van der Waals surface area contributed by atoms with Crippen LogP contribution in [-0.4, -0.2) is 18.7 Å². The van der Waals surface area contributed by atoms with Gasteiger partial charge in [-0.2, -0.15) is 0 Å². The van der Waals surface area contributed by atoms with Crippen molar-refractivity contribution in [3.05, 3.63) is 29.3 Å². The van der Waals surface area contributed by atoms with Crippen molar-refractivity contribution in [2.75, 3.05) is 13.2 Å². The monoisotopic (exact) mass is 235 g/mol. The molecule has 0 heterocycles. The van der Waals surface area contributed by atoms with Crippen LogP contribution < -0.4 is 10.1 Å². The largest absolute Gasteiger partial charge is 0.492 e. The molecule has 17 heavy (non-hydrogen) atoms. The number of hydrogen-bond donors (Lipinski definition) is 1. The summed E-state index contributed by atoms with van der Waals surface area (Å²) in [6.45, 7) is 12.4. The molecule has 1 N–H and O–H groups in total. The standard InChI is InChI=1S/C15H25NO/c1-6-15(4,5)16-10-11-17-14-12(2)8-7-9-13(14)3/h7-9,16H,6,10-11H2,1-5H3. The molecule has 96 valence electrons. The quantitative estimate of drug-likeness (QED) is 0.762. The summed E-state index contributed by atoms with van der Waals surface area (Å²) in [5.41, 5.74) is 2.61. The minimum atomic E-state index is 0.199. The maximum Gasteiger partial charge on any atom is 0.125 e. The predicted molar refractivity (Wildman–Crippen MR) is 73.8 cm³/mol. The molecule has 0 radical (unpaired) electrons. The van der Waals surface area contributed by atoms with Gasteiger partial charge in [-0.3, -0.25) is 0 Å². The van der Waals surface area contributed by atoms with Crippen molar-refractivity contribution in [3.8, 4) is 5.75 Å². The number of hydrogen-bond acceptors (Lipinski definition) is 2. The molecule has 0 saturated heterocycles. The summed E-state index contributed by atoms with van der Waals surface area (Å²) in [7, 11) is 0. The van der Waals surface area contributed by atoms with Gasteiger partial charge < -0.3 is 10.1 Å². The number of rotatable bonds is 6. The van der Waals surface area contributed by atoms with Gasteiger partial charge in [0.15, 0.2) is 0 Å². The normalized spacial score (nSPS) is 11.6. The molecule has 0 amide bonds. The Hall–Kier alpha value is -1.02. The van der Waals surface area contributed by atoms with Crippen LogP contribution in [-0.2, 0) is 0 Å². The maximum atomic E-state index is 5.84. The smallest absolute Gasteiger partial charge is 0.125 e. The molecule has 0 aliphatic carbocycles. The highest BCUT2D eigenvalue weighted by Gasteiger charge is 2.13. The van der Waals surface area contributed by atoms with E-state index in [-0.39, 0.29) is 5.54 Å². The van der Waals surface area contributed by atoms with E-state index < -0.39 is 0 Å². The van der Waals surface area contributed by atoms with Crippen molar-refractivity contribution in [1.29, 1.82) is 0 Å². The summed E-state index contributed by atoms with van der Waals surface area (Å²) in [6, 6.07) is 6.24. The Kier molecular flexibility index (Phi) is 5.01. The molecular formula is C15H25NO. The van der Waals surface area contributed by atoms with Crippen molar-refractivity contribution in [2.24, 2.45) is 0 Å². The average molecular weight is 235 g/mol. The van der Waals surface area contributed by atoms with Gasteiger partial charge in [0.2, 0.25) is 0 Å². The lowest BCUT2D eigenvalue weighted by molar-refractivity contribution is 0.278. The predicted octanol–water partition coefficient (Wildman–Crippen LogP) is 3.46. The van der Waals surface area contributed by atoms with Crippen LogP contribution in [0.4, 0.5) is 0 Å². The minimum absolute atomic E-state index is 0.199. The highest BCUT2D eigenvalue weighted by molar-refractivity contribution is 5.39. The van der Waals surface area contributed by atoms with Gasteiger partial charge in [0.1, 0.15) is 12.4 Å². The highest BCUT2D eigenvalue weighted by atomic mass is 16.5. The molecule has 0 aliphatic heterocycles. The summed E-state index contributed by atoms with van der Waals surface area (Å²) < 4.78 is 5.84. The first-order valence-corrected chi connectivity index (χ1v) is 6.40. The van der Waals surface area contributed by atoms with Gasteiger partial charge in [-0.15, -0.1) is 0 Å². The Morgan fingerprint density at radius 3 is 2.29 bits per heavy atom. The second-order valence-corrected chi connectivity index (χ2v) is 5.23. The molecule has 0 bridgehead atoms. The van der Waals surface area contributed by atoms with Crippen molar-refractivity contribution in [3.63, 3.8) is 0 Å². The van der Waals surface area contributed by atoms with Gasteiger partial charge in [0.05, 0.1) is 0 Å². The summed E-state index contributed by atoms with van der Waals surface area (Å²) in [6.07, 6.45) is 1.12. The fourth-order valence-corrected chi connectivity index (χ4v) is 1.69. The Balaban J connectivity index is 2.42. The summed E-state index contributed by atoms with van der Waals surface area (Å²) in [5, 5.41) is 3.49. The Labute approximate surface area is 105 Å². The molecule has 0 unspecified atom stereocenters.